The molecule has 0 spiro atoms. The highest BCUT2D eigenvalue weighted by atomic mass is 16.5. The van der Waals surface area contributed by atoms with Crippen molar-refractivity contribution >= 4 is 29.1 Å². The van der Waals surface area contributed by atoms with E-state index in [0.29, 0.717) is 29.8 Å². The van der Waals surface area contributed by atoms with E-state index in [9.17, 15) is 14.9 Å². The second-order valence-corrected chi connectivity index (χ2v) is 18.0. The van der Waals surface area contributed by atoms with E-state index < -0.39 is 0 Å². The van der Waals surface area contributed by atoms with Gasteiger partial charge in [0.1, 0.15) is 5.75 Å². The van der Waals surface area contributed by atoms with Gasteiger partial charge < -0.3 is 29.7 Å². The predicted molar refractivity (Wildman–Crippen MR) is 233 cm³/mol. The number of nitriles is 1. The van der Waals surface area contributed by atoms with Gasteiger partial charge in [-0.15, -0.1) is 10.2 Å². The minimum absolute atomic E-state index is 0.0794. The van der Waals surface area contributed by atoms with Crippen LogP contribution in [0.2, 0.25) is 0 Å². The third-order valence-electron chi connectivity index (χ3n) is 13.9. The van der Waals surface area contributed by atoms with Crippen LogP contribution in [0.25, 0.3) is 0 Å². The van der Waals surface area contributed by atoms with Crippen LogP contribution in [0.3, 0.4) is 0 Å². The normalized spacial score (nSPS) is 21.4. The molecule has 3 fully saturated rings. The van der Waals surface area contributed by atoms with Crippen molar-refractivity contribution < 1.29 is 14.3 Å². The number of anilines is 3. The maximum Gasteiger partial charge on any atom is 0.272 e. The lowest BCUT2D eigenvalue weighted by Crippen LogP contribution is -2.42. The summed E-state index contributed by atoms with van der Waals surface area (Å²) in [5.74, 6) is 3.22. The smallest absolute Gasteiger partial charge is 0.272 e. The van der Waals surface area contributed by atoms with Crippen molar-refractivity contribution in [3.05, 3.63) is 81.9 Å². The molecule has 1 N–H and O–H groups in total. The van der Waals surface area contributed by atoms with Crippen molar-refractivity contribution in [2.45, 2.75) is 116 Å². The molecule has 1 saturated carbocycles. The first kappa shape index (κ1) is 40.8. The number of fused-ring (bicyclic) bond motifs is 2. The Kier molecular flexibility index (Phi) is 11.9. The molecule has 2 amide bonds. The number of carbonyl (C=O) groups is 2. The van der Waals surface area contributed by atoms with Gasteiger partial charge in [-0.3, -0.25) is 19.3 Å². The number of benzene rings is 1. The van der Waals surface area contributed by atoms with E-state index >= 15 is 0 Å². The van der Waals surface area contributed by atoms with Crippen molar-refractivity contribution in [3.63, 3.8) is 0 Å². The Labute approximate surface area is 359 Å². The lowest BCUT2D eigenvalue weighted by atomic mass is 9.92. The number of rotatable bonds is 9. The van der Waals surface area contributed by atoms with Gasteiger partial charge in [-0.05, 0) is 131 Å². The zero-order valence-electron chi connectivity index (χ0n) is 36.0. The monoisotopic (exact) mass is 825 g/mol. The first-order valence-corrected chi connectivity index (χ1v) is 22.6. The highest BCUT2D eigenvalue weighted by Gasteiger charge is 2.35. The van der Waals surface area contributed by atoms with Gasteiger partial charge in [0.25, 0.3) is 5.91 Å². The second-order valence-electron chi connectivity index (χ2n) is 18.0. The van der Waals surface area contributed by atoms with E-state index in [4.69, 9.17) is 9.84 Å². The molecule has 14 nitrogen and oxygen atoms in total. The Hall–Kier alpha value is -5.55. The fraction of sp³-hybridized carbons (Fsp3) is 0.553. The molecular weight excluding hydrogens is 767 g/mol. The molecule has 1 aromatic carbocycles. The third kappa shape index (κ3) is 8.94. The maximum absolute atomic E-state index is 13.1. The number of carbonyl (C=O) groups excluding carboxylic acids is 2. The summed E-state index contributed by atoms with van der Waals surface area (Å²) in [6, 6.07) is 14.2. The number of piperidine rings is 2. The minimum Gasteiger partial charge on any atom is -0.490 e. The number of likely N-dealkylation sites (tertiary alicyclic amines) is 1. The maximum atomic E-state index is 13.1. The van der Waals surface area contributed by atoms with E-state index in [0.717, 1.165) is 151 Å². The van der Waals surface area contributed by atoms with Gasteiger partial charge in [0, 0.05) is 82.2 Å². The van der Waals surface area contributed by atoms with Gasteiger partial charge >= 0.3 is 0 Å². The highest BCUT2D eigenvalue weighted by molar-refractivity contribution is 5.92. The van der Waals surface area contributed by atoms with E-state index in [-0.39, 0.29) is 24.0 Å². The first-order chi connectivity index (χ1) is 29.7. The molecule has 0 bridgehead atoms. The van der Waals surface area contributed by atoms with Crippen molar-refractivity contribution in [1.82, 2.24) is 40.1 Å². The fourth-order valence-electron chi connectivity index (χ4n) is 10.3. The van der Waals surface area contributed by atoms with Crippen LogP contribution < -0.4 is 19.9 Å². The topological polar surface area (TPSA) is 149 Å². The molecular formula is C47H59N11O3. The molecule has 320 valence electrons. The molecule has 0 radical (unpaired) electrons. The van der Waals surface area contributed by atoms with Gasteiger partial charge in [0.15, 0.2) is 17.3 Å². The lowest BCUT2D eigenvalue weighted by Gasteiger charge is -2.38. The quantitative estimate of drug-likeness (QED) is 0.205. The number of aryl methyl sites for hydroxylation is 3. The van der Waals surface area contributed by atoms with E-state index in [1.165, 1.54) is 16.8 Å². The molecule has 4 aliphatic heterocycles. The van der Waals surface area contributed by atoms with Crippen LogP contribution in [0.1, 0.15) is 115 Å². The van der Waals surface area contributed by atoms with Crippen LogP contribution in [0.15, 0.2) is 42.6 Å². The molecule has 9 rings (SSSR count). The van der Waals surface area contributed by atoms with Crippen LogP contribution in [0.5, 0.6) is 5.75 Å². The van der Waals surface area contributed by atoms with Crippen molar-refractivity contribution in [2.24, 2.45) is 5.92 Å². The number of hydrogen-bond donors (Lipinski definition) is 1. The largest absolute Gasteiger partial charge is 0.490 e. The first-order valence-electron chi connectivity index (χ1n) is 22.6. The molecule has 2 saturated heterocycles. The second kappa shape index (κ2) is 17.8. The Morgan fingerprint density at radius 1 is 0.902 bits per heavy atom. The van der Waals surface area contributed by atoms with Gasteiger partial charge in [0.05, 0.1) is 42.2 Å². The van der Waals surface area contributed by atoms with Crippen LogP contribution in [0, 0.1) is 31.1 Å². The number of amides is 2. The van der Waals surface area contributed by atoms with Crippen LogP contribution in [-0.4, -0.2) is 105 Å². The van der Waals surface area contributed by atoms with Crippen molar-refractivity contribution in [3.8, 4) is 11.8 Å². The minimum atomic E-state index is -0.179. The predicted octanol–water partition coefficient (Wildman–Crippen LogP) is 6.22. The summed E-state index contributed by atoms with van der Waals surface area (Å²) in [6.07, 6.45) is 12.8. The number of pyridine rings is 1. The molecule has 7 heterocycles. The van der Waals surface area contributed by atoms with E-state index in [1.54, 1.807) is 19.1 Å². The van der Waals surface area contributed by atoms with Gasteiger partial charge in [0.2, 0.25) is 5.91 Å². The molecule has 4 aromatic rings. The average Bonchev–Trinajstić information content (AvgIpc) is 3.66. The van der Waals surface area contributed by atoms with Gasteiger partial charge in [-0.1, -0.05) is 0 Å². The summed E-state index contributed by atoms with van der Waals surface area (Å²) < 4.78 is 8.55. The number of nitrogens with one attached hydrogen (secondary N) is 1. The fourth-order valence-corrected chi connectivity index (χ4v) is 10.3. The summed E-state index contributed by atoms with van der Waals surface area (Å²) in [5.41, 5.74) is 7.99. The van der Waals surface area contributed by atoms with Gasteiger partial charge in [-0.25, -0.2) is 0 Å². The Balaban J connectivity index is 0.739. The number of aromatic nitrogens is 5. The summed E-state index contributed by atoms with van der Waals surface area (Å²) in [5, 5.41) is 26.6. The van der Waals surface area contributed by atoms with Crippen LogP contribution in [0.4, 0.5) is 17.3 Å². The van der Waals surface area contributed by atoms with Crippen molar-refractivity contribution in [1.29, 1.82) is 5.26 Å². The Morgan fingerprint density at radius 2 is 1.70 bits per heavy atom. The van der Waals surface area contributed by atoms with Crippen LogP contribution >= 0.6 is 0 Å². The van der Waals surface area contributed by atoms with Crippen molar-refractivity contribution in [2.75, 3.05) is 55.6 Å². The summed E-state index contributed by atoms with van der Waals surface area (Å²) in [7, 11) is 0. The SMILES string of the molecule is CC(=O)N1CCc2c(c(N3CCCc4cc(C)ncc43)nn2C2CCN(CC3CCN(c4ccc(C(=O)NC5CCC(Oc6ccc(C#N)c(C)c6)CC5)nn4)CC3)CC2)C1. The zero-order chi connectivity index (χ0) is 42.0. The summed E-state index contributed by atoms with van der Waals surface area (Å²) >= 11 is 0. The number of ether oxygens (including phenoxy) is 1. The summed E-state index contributed by atoms with van der Waals surface area (Å²) in [6.45, 7) is 13.0. The number of hydrogen-bond acceptors (Lipinski definition) is 11. The number of nitrogens with zero attached hydrogens (tertiary/aromatic N) is 10. The molecule has 5 aliphatic rings. The molecule has 14 heteroatoms. The Morgan fingerprint density at radius 3 is 2.43 bits per heavy atom. The van der Waals surface area contributed by atoms with Crippen LogP contribution in [-0.2, 0) is 24.2 Å². The highest BCUT2D eigenvalue weighted by Crippen LogP contribution is 2.40. The van der Waals surface area contributed by atoms with E-state index in [2.05, 4.69) is 58.9 Å². The molecule has 1 aliphatic carbocycles. The molecule has 3 aromatic heterocycles. The summed E-state index contributed by atoms with van der Waals surface area (Å²) in [4.78, 5) is 39.6. The molecule has 0 unspecified atom stereocenters. The third-order valence-corrected chi connectivity index (χ3v) is 13.9. The van der Waals surface area contributed by atoms with Gasteiger partial charge in [-0.2, -0.15) is 10.4 Å². The standard InChI is InChI=1S/C47H59N11O3/c1-31-25-40(9-6-36(31)27-48)61-39-10-7-37(8-11-39)50-47(60)42-12-13-45(52-51-42)55-22-14-34(15-23-55)29-54-20-16-38(17-21-54)58-43-18-24-56(33(3)59)30-41(43)46(53-58)57-19-4-5-35-26-32(2)49-28-44(35)57/h6,9,12-13,25-26,28,34,37-39H,4-5,7-8,10-11,14-24,29-30H2,1-3H3,(H,50,60). The average molecular weight is 826 g/mol. The Bertz CT molecular complexity index is 2260. The molecule has 61 heavy (non-hydrogen) atoms. The van der Waals surface area contributed by atoms with E-state index in [1.807, 2.05) is 36.2 Å². The molecule has 0 atom stereocenters. The lowest BCUT2D eigenvalue weighted by molar-refractivity contribution is -0.129. The zero-order valence-corrected chi connectivity index (χ0v) is 36.0.